The molecule has 1 saturated heterocycles. The van der Waals surface area contributed by atoms with Crippen molar-refractivity contribution in [2.45, 2.75) is 32.6 Å². The molecule has 1 aromatic rings. The second kappa shape index (κ2) is 9.07. The normalized spacial score (nSPS) is 18.4. The third-order valence-corrected chi connectivity index (χ3v) is 5.61. The fraction of sp³-hybridized carbons (Fsp3) is 0.571. The Labute approximate surface area is 166 Å². The van der Waals surface area contributed by atoms with Gasteiger partial charge < -0.3 is 19.9 Å². The molecule has 7 heteroatoms. The minimum Gasteiger partial charge on any atom is -0.378 e. The Morgan fingerprint density at radius 3 is 2.43 bits per heavy atom. The number of amides is 2. The summed E-state index contributed by atoms with van der Waals surface area (Å²) in [5.41, 5.74) is 0.848. The van der Waals surface area contributed by atoms with Crippen molar-refractivity contribution in [2.75, 3.05) is 49.6 Å². The first-order valence-corrected chi connectivity index (χ1v) is 10.0. The fourth-order valence-electron chi connectivity index (χ4n) is 3.93. The van der Waals surface area contributed by atoms with Crippen LogP contribution in [0.1, 0.15) is 32.6 Å². The molecule has 1 aromatic carbocycles. The summed E-state index contributed by atoms with van der Waals surface area (Å²) in [6.45, 7) is 5.38. The van der Waals surface area contributed by atoms with Crippen LogP contribution in [0.4, 0.5) is 11.4 Å². The van der Waals surface area contributed by atoms with Crippen molar-refractivity contribution >= 4 is 23.2 Å². The molecule has 1 N–H and O–H groups in total. The Hall–Kier alpha value is -2.59. The van der Waals surface area contributed by atoms with Gasteiger partial charge in [-0.25, -0.2) is 0 Å². The first kappa shape index (κ1) is 20.2. The lowest BCUT2D eigenvalue weighted by atomic mass is 9.86. The topological polar surface area (TPSA) is 85.7 Å². The van der Waals surface area contributed by atoms with Crippen molar-refractivity contribution in [3.63, 3.8) is 0 Å². The molecule has 1 aliphatic carbocycles. The average Bonchev–Trinajstić information content (AvgIpc) is 3.23. The number of nitrogens with zero attached hydrogens (tertiary/aromatic N) is 3. The van der Waals surface area contributed by atoms with Gasteiger partial charge in [-0.3, -0.25) is 9.59 Å². The van der Waals surface area contributed by atoms with Crippen LogP contribution in [-0.2, 0) is 14.3 Å². The van der Waals surface area contributed by atoms with E-state index in [0.29, 0.717) is 25.1 Å². The van der Waals surface area contributed by atoms with Gasteiger partial charge in [-0.05, 0) is 44.0 Å². The number of hydrogen-bond acceptors (Lipinski definition) is 5. The maximum Gasteiger partial charge on any atom is 0.243 e. The van der Waals surface area contributed by atoms with Gasteiger partial charge in [0, 0.05) is 31.0 Å². The molecule has 28 heavy (non-hydrogen) atoms. The smallest absolute Gasteiger partial charge is 0.243 e. The fourth-order valence-corrected chi connectivity index (χ4v) is 3.93. The summed E-state index contributed by atoms with van der Waals surface area (Å²) in [6, 6.07) is 9.91. The molecule has 1 heterocycles. The Bertz CT molecular complexity index is 729. The molecule has 0 spiro atoms. The molecular formula is C21H28N4O3. The number of carbonyl (C=O) groups is 2. The quantitative estimate of drug-likeness (QED) is 0.814. The van der Waals surface area contributed by atoms with E-state index in [1.54, 1.807) is 0 Å². The number of carbonyl (C=O) groups excluding carboxylic acids is 2. The van der Waals surface area contributed by atoms with Crippen molar-refractivity contribution < 1.29 is 14.3 Å². The zero-order valence-electron chi connectivity index (χ0n) is 16.4. The summed E-state index contributed by atoms with van der Waals surface area (Å²) in [6.07, 6.45) is 2.95. The molecule has 0 atom stereocenters. The van der Waals surface area contributed by atoms with Crippen LogP contribution in [0.5, 0.6) is 0 Å². The number of nitriles is 1. The van der Waals surface area contributed by atoms with Gasteiger partial charge in [0.25, 0.3) is 0 Å². The highest BCUT2D eigenvalue weighted by molar-refractivity contribution is 5.96. The van der Waals surface area contributed by atoms with Crippen LogP contribution in [0.3, 0.4) is 0 Å². The predicted octanol–water partition coefficient (Wildman–Crippen LogP) is 2.39. The van der Waals surface area contributed by atoms with E-state index < -0.39 is 5.41 Å². The van der Waals surface area contributed by atoms with Crippen molar-refractivity contribution in [2.24, 2.45) is 5.41 Å². The molecule has 2 fully saturated rings. The molecule has 2 amide bonds. The first-order chi connectivity index (χ1) is 13.6. The van der Waals surface area contributed by atoms with E-state index in [1.165, 1.54) is 4.90 Å². The van der Waals surface area contributed by atoms with Gasteiger partial charge in [-0.2, -0.15) is 5.26 Å². The highest BCUT2D eigenvalue weighted by atomic mass is 16.5. The summed E-state index contributed by atoms with van der Waals surface area (Å²) in [7, 11) is 0. The lowest BCUT2D eigenvalue weighted by molar-refractivity contribution is -0.141. The summed E-state index contributed by atoms with van der Waals surface area (Å²) in [5, 5.41) is 12.4. The molecule has 0 radical (unpaired) electrons. The van der Waals surface area contributed by atoms with Crippen LogP contribution in [0.2, 0.25) is 0 Å². The van der Waals surface area contributed by atoms with E-state index >= 15 is 0 Å². The van der Waals surface area contributed by atoms with Crippen molar-refractivity contribution in [1.29, 1.82) is 5.26 Å². The Morgan fingerprint density at radius 1 is 1.21 bits per heavy atom. The molecule has 150 valence electrons. The predicted molar refractivity (Wildman–Crippen MR) is 107 cm³/mol. The van der Waals surface area contributed by atoms with Crippen LogP contribution in [0.15, 0.2) is 24.3 Å². The number of hydrogen-bond donors (Lipinski definition) is 1. The van der Waals surface area contributed by atoms with E-state index in [2.05, 4.69) is 16.3 Å². The molecule has 0 bridgehead atoms. The molecule has 3 rings (SSSR count). The highest BCUT2D eigenvalue weighted by Gasteiger charge is 2.44. The second-order valence-electron chi connectivity index (χ2n) is 7.41. The number of benzene rings is 1. The average molecular weight is 384 g/mol. The summed E-state index contributed by atoms with van der Waals surface area (Å²) < 4.78 is 5.37. The number of anilines is 2. The minimum absolute atomic E-state index is 0.0377. The van der Waals surface area contributed by atoms with Crippen molar-refractivity contribution in [1.82, 2.24) is 4.90 Å². The van der Waals surface area contributed by atoms with Gasteiger partial charge in [0.2, 0.25) is 11.8 Å². The molecule has 7 nitrogen and oxygen atoms in total. The number of likely N-dealkylation sites (N-methyl/N-ethyl adjacent to an activating group) is 1. The first-order valence-electron chi connectivity index (χ1n) is 10.0. The summed E-state index contributed by atoms with van der Waals surface area (Å²) in [5.74, 6) is -0.465. The lowest BCUT2D eigenvalue weighted by Crippen LogP contribution is -2.45. The molecule has 2 aliphatic rings. The largest absolute Gasteiger partial charge is 0.378 e. The number of nitrogens with one attached hydrogen (secondary N) is 1. The Kier molecular flexibility index (Phi) is 6.53. The zero-order valence-corrected chi connectivity index (χ0v) is 16.4. The third-order valence-electron chi connectivity index (χ3n) is 5.61. The van der Waals surface area contributed by atoms with Gasteiger partial charge in [-0.15, -0.1) is 0 Å². The number of morpholine rings is 1. The molecular weight excluding hydrogens is 356 g/mol. The molecule has 1 saturated carbocycles. The molecule has 1 aliphatic heterocycles. The van der Waals surface area contributed by atoms with E-state index in [0.717, 1.165) is 44.8 Å². The highest BCUT2D eigenvalue weighted by Crippen LogP contribution is 2.39. The molecule has 0 aromatic heterocycles. The second-order valence-corrected chi connectivity index (χ2v) is 7.41. The van der Waals surface area contributed by atoms with E-state index in [9.17, 15) is 14.9 Å². The van der Waals surface area contributed by atoms with Crippen molar-refractivity contribution in [3.8, 4) is 6.07 Å². The maximum absolute atomic E-state index is 12.8. The number of ether oxygens (including phenoxy) is 1. The van der Waals surface area contributed by atoms with Gasteiger partial charge in [0.05, 0.1) is 25.8 Å². The van der Waals surface area contributed by atoms with Gasteiger partial charge in [-0.1, -0.05) is 12.8 Å². The maximum atomic E-state index is 12.8. The summed E-state index contributed by atoms with van der Waals surface area (Å²) >= 11 is 0. The SMILES string of the molecule is CCN(CC(=O)Nc1ccc(N2CCOCC2)cc1)C(=O)C1(C#N)CCCC1. The number of rotatable bonds is 6. The molecule has 0 unspecified atom stereocenters. The standard InChI is InChI=1S/C21H28N4O3/c1-2-24(20(27)21(16-22)9-3-4-10-21)15-19(26)23-17-5-7-18(8-6-17)25-11-13-28-14-12-25/h5-8H,2-4,9-15H2,1H3,(H,23,26). The summed E-state index contributed by atoms with van der Waals surface area (Å²) in [4.78, 5) is 29.0. The van der Waals surface area contributed by atoms with Crippen LogP contribution in [0, 0.1) is 16.7 Å². The van der Waals surface area contributed by atoms with Crippen LogP contribution in [-0.4, -0.2) is 56.1 Å². The van der Waals surface area contributed by atoms with E-state index in [4.69, 9.17) is 4.74 Å². The zero-order chi connectivity index (χ0) is 20.0. The Morgan fingerprint density at radius 2 is 1.86 bits per heavy atom. The van der Waals surface area contributed by atoms with Gasteiger partial charge in [0.15, 0.2) is 0 Å². The van der Waals surface area contributed by atoms with Crippen LogP contribution in [0.25, 0.3) is 0 Å². The van der Waals surface area contributed by atoms with Crippen molar-refractivity contribution in [3.05, 3.63) is 24.3 Å². The monoisotopic (exact) mass is 384 g/mol. The van der Waals surface area contributed by atoms with Gasteiger partial charge >= 0.3 is 0 Å². The Balaban J connectivity index is 1.58. The minimum atomic E-state index is -0.948. The lowest BCUT2D eigenvalue weighted by Gasteiger charge is -2.29. The van der Waals surface area contributed by atoms with Crippen LogP contribution >= 0.6 is 0 Å². The van der Waals surface area contributed by atoms with E-state index in [1.807, 2.05) is 31.2 Å². The van der Waals surface area contributed by atoms with E-state index in [-0.39, 0.29) is 18.4 Å². The van der Waals surface area contributed by atoms with Gasteiger partial charge in [0.1, 0.15) is 5.41 Å². The van der Waals surface area contributed by atoms with Crippen LogP contribution < -0.4 is 10.2 Å². The third kappa shape index (κ3) is 4.45.